The van der Waals surface area contributed by atoms with Gasteiger partial charge in [0.05, 0.1) is 10.9 Å². The van der Waals surface area contributed by atoms with Gasteiger partial charge in [-0.2, -0.15) is 11.8 Å². The first kappa shape index (κ1) is 12.7. The van der Waals surface area contributed by atoms with Crippen LogP contribution in [-0.4, -0.2) is 28.9 Å². The second-order valence-corrected chi connectivity index (χ2v) is 4.66. The number of amides is 1. The van der Waals surface area contributed by atoms with Crippen molar-refractivity contribution in [2.45, 2.75) is 19.1 Å². The SMILES string of the molecule is CSC(C)CNC(=O)C(C)C(N)=S. The van der Waals surface area contributed by atoms with Crippen LogP contribution in [0.4, 0.5) is 0 Å². The van der Waals surface area contributed by atoms with Crippen LogP contribution in [0.5, 0.6) is 0 Å². The van der Waals surface area contributed by atoms with Crippen molar-refractivity contribution >= 4 is 34.9 Å². The summed E-state index contributed by atoms with van der Waals surface area (Å²) in [5.74, 6) is -0.461. The molecule has 1 amide bonds. The zero-order valence-corrected chi connectivity index (χ0v) is 9.80. The molecule has 0 fully saturated rings. The molecule has 0 aliphatic rings. The summed E-state index contributed by atoms with van der Waals surface area (Å²) in [7, 11) is 0. The van der Waals surface area contributed by atoms with E-state index in [4.69, 9.17) is 18.0 Å². The highest BCUT2D eigenvalue weighted by Gasteiger charge is 2.15. The van der Waals surface area contributed by atoms with Crippen LogP contribution in [0.1, 0.15) is 13.8 Å². The molecule has 0 saturated carbocycles. The molecule has 3 nitrogen and oxygen atoms in total. The van der Waals surface area contributed by atoms with E-state index in [-0.39, 0.29) is 16.8 Å². The van der Waals surface area contributed by atoms with Crippen molar-refractivity contribution in [3.63, 3.8) is 0 Å². The normalized spacial score (nSPS) is 14.7. The summed E-state index contributed by atoms with van der Waals surface area (Å²) in [4.78, 5) is 11.6. The first-order valence-electron chi connectivity index (χ1n) is 4.08. The Morgan fingerprint density at radius 2 is 2.15 bits per heavy atom. The molecule has 0 aromatic carbocycles. The number of hydrogen-bond acceptors (Lipinski definition) is 3. The van der Waals surface area contributed by atoms with Gasteiger partial charge in [-0.25, -0.2) is 0 Å². The van der Waals surface area contributed by atoms with Crippen LogP contribution >= 0.6 is 24.0 Å². The number of carbonyl (C=O) groups excluding carboxylic acids is 1. The summed E-state index contributed by atoms with van der Waals surface area (Å²) in [5, 5.41) is 3.21. The van der Waals surface area contributed by atoms with E-state index in [2.05, 4.69) is 12.2 Å². The third kappa shape index (κ3) is 5.10. The van der Waals surface area contributed by atoms with Gasteiger partial charge in [0.1, 0.15) is 0 Å². The van der Waals surface area contributed by atoms with E-state index in [0.717, 1.165) is 0 Å². The monoisotopic (exact) mass is 220 g/mol. The number of thioether (sulfide) groups is 1. The largest absolute Gasteiger partial charge is 0.393 e. The molecule has 13 heavy (non-hydrogen) atoms. The Morgan fingerprint density at radius 1 is 1.62 bits per heavy atom. The minimum Gasteiger partial charge on any atom is -0.393 e. The molecular formula is C8H16N2OS2. The fraction of sp³-hybridized carbons (Fsp3) is 0.750. The van der Waals surface area contributed by atoms with Gasteiger partial charge in [0, 0.05) is 11.8 Å². The molecule has 0 heterocycles. The molecular weight excluding hydrogens is 204 g/mol. The van der Waals surface area contributed by atoms with E-state index in [1.165, 1.54) is 0 Å². The number of thiocarbonyl (C=S) groups is 1. The van der Waals surface area contributed by atoms with E-state index in [1.807, 2.05) is 6.26 Å². The van der Waals surface area contributed by atoms with Crippen LogP contribution in [0.3, 0.4) is 0 Å². The van der Waals surface area contributed by atoms with Gasteiger partial charge >= 0.3 is 0 Å². The summed E-state index contributed by atoms with van der Waals surface area (Å²) >= 11 is 6.42. The Kier molecular flexibility index (Phi) is 6.07. The number of carbonyl (C=O) groups is 1. The van der Waals surface area contributed by atoms with Crippen LogP contribution in [0.25, 0.3) is 0 Å². The first-order valence-corrected chi connectivity index (χ1v) is 5.78. The van der Waals surface area contributed by atoms with Gasteiger partial charge in [0.25, 0.3) is 0 Å². The Bertz CT molecular complexity index is 197. The summed E-state index contributed by atoms with van der Waals surface area (Å²) in [6.07, 6.45) is 2.01. The summed E-state index contributed by atoms with van der Waals surface area (Å²) in [6.45, 7) is 4.42. The molecule has 2 atom stereocenters. The highest BCUT2D eigenvalue weighted by atomic mass is 32.2. The van der Waals surface area contributed by atoms with Crippen molar-refractivity contribution in [3.05, 3.63) is 0 Å². The predicted molar refractivity (Wildman–Crippen MR) is 61.9 cm³/mol. The van der Waals surface area contributed by atoms with Crippen molar-refractivity contribution < 1.29 is 4.79 Å². The molecule has 0 spiro atoms. The van der Waals surface area contributed by atoms with Gasteiger partial charge in [-0.1, -0.05) is 19.1 Å². The molecule has 0 aromatic heterocycles. The zero-order valence-electron chi connectivity index (χ0n) is 8.16. The van der Waals surface area contributed by atoms with Crippen LogP contribution < -0.4 is 11.1 Å². The van der Waals surface area contributed by atoms with Crippen LogP contribution in [0, 0.1) is 5.92 Å². The fourth-order valence-electron chi connectivity index (χ4n) is 0.610. The Labute approximate surface area is 88.8 Å². The molecule has 5 heteroatoms. The summed E-state index contributed by atoms with van der Waals surface area (Å²) < 4.78 is 0. The third-order valence-corrected chi connectivity index (χ3v) is 3.11. The average molecular weight is 220 g/mol. The van der Waals surface area contributed by atoms with Gasteiger partial charge in [0.15, 0.2) is 0 Å². The van der Waals surface area contributed by atoms with Crippen molar-refractivity contribution in [2.75, 3.05) is 12.8 Å². The van der Waals surface area contributed by atoms with E-state index in [9.17, 15) is 4.79 Å². The highest BCUT2D eigenvalue weighted by molar-refractivity contribution is 7.99. The smallest absolute Gasteiger partial charge is 0.229 e. The highest BCUT2D eigenvalue weighted by Crippen LogP contribution is 2.03. The number of rotatable bonds is 5. The lowest BCUT2D eigenvalue weighted by Gasteiger charge is -2.13. The van der Waals surface area contributed by atoms with Gasteiger partial charge in [-0.3, -0.25) is 4.79 Å². The topological polar surface area (TPSA) is 55.1 Å². The molecule has 0 rings (SSSR count). The van der Waals surface area contributed by atoms with Crippen LogP contribution in [0.15, 0.2) is 0 Å². The van der Waals surface area contributed by atoms with E-state index in [1.54, 1.807) is 18.7 Å². The lowest BCUT2D eigenvalue weighted by Crippen LogP contribution is -2.38. The zero-order chi connectivity index (χ0) is 10.4. The Hall–Kier alpha value is -0.290. The average Bonchev–Trinajstić information content (AvgIpc) is 2.11. The molecule has 0 saturated heterocycles. The summed E-state index contributed by atoms with van der Waals surface area (Å²) in [5.41, 5.74) is 5.34. The van der Waals surface area contributed by atoms with E-state index >= 15 is 0 Å². The van der Waals surface area contributed by atoms with Crippen molar-refractivity contribution in [2.24, 2.45) is 11.7 Å². The lowest BCUT2D eigenvalue weighted by molar-refractivity contribution is -0.122. The molecule has 3 N–H and O–H groups in total. The number of hydrogen-bond donors (Lipinski definition) is 2. The van der Waals surface area contributed by atoms with Gasteiger partial charge in [-0.05, 0) is 13.2 Å². The minimum absolute atomic E-state index is 0.0894. The minimum atomic E-state index is -0.371. The maximum atomic E-state index is 11.3. The first-order chi connectivity index (χ1) is 5.99. The van der Waals surface area contributed by atoms with E-state index in [0.29, 0.717) is 11.8 Å². The predicted octanol–water partition coefficient (Wildman–Crippen LogP) is 0.776. The molecule has 0 aliphatic heterocycles. The van der Waals surface area contributed by atoms with Gasteiger partial charge in [0.2, 0.25) is 5.91 Å². The third-order valence-electron chi connectivity index (χ3n) is 1.79. The second kappa shape index (κ2) is 6.21. The molecule has 76 valence electrons. The molecule has 0 bridgehead atoms. The fourth-order valence-corrected chi connectivity index (χ4v) is 0.967. The maximum Gasteiger partial charge on any atom is 0.229 e. The number of nitrogens with one attached hydrogen (secondary N) is 1. The van der Waals surface area contributed by atoms with E-state index < -0.39 is 0 Å². The molecule has 0 aliphatic carbocycles. The van der Waals surface area contributed by atoms with Gasteiger partial charge in [-0.15, -0.1) is 0 Å². The maximum absolute atomic E-state index is 11.3. The molecule has 0 radical (unpaired) electrons. The number of nitrogens with two attached hydrogens (primary N) is 1. The second-order valence-electron chi connectivity index (χ2n) is 2.92. The van der Waals surface area contributed by atoms with Gasteiger partial charge < -0.3 is 11.1 Å². The van der Waals surface area contributed by atoms with Crippen molar-refractivity contribution in [3.8, 4) is 0 Å². The standard InChI is InChI=1S/C8H16N2OS2/c1-5(13-3)4-10-8(11)6(2)7(9)12/h5-6H,4H2,1-3H3,(H2,9,12)(H,10,11). The molecule has 0 aromatic rings. The van der Waals surface area contributed by atoms with Crippen molar-refractivity contribution in [1.29, 1.82) is 0 Å². The van der Waals surface area contributed by atoms with Crippen LogP contribution in [-0.2, 0) is 4.79 Å². The van der Waals surface area contributed by atoms with Crippen LogP contribution in [0.2, 0.25) is 0 Å². The Morgan fingerprint density at radius 3 is 2.54 bits per heavy atom. The Balaban J connectivity index is 3.81. The lowest BCUT2D eigenvalue weighted by atomic mass is 10.1. The quantitative estimate of drug-likeness (QED) is 0.672. The van der Waals surface area contributed by atoms with Crippen molar-refractivity contribution in [1.82, 2.24) is 5.32 Å². The summed E-state index contributed by atoms with van der Waals surface area (Å²) in [6, 6.07) is 0. The molecule has 2 unspecified atom stereocenters.